The van der Waals surface area contributed by atoms with Crippen molar-refractivity contribution in [1.29, 1.82) is 0 Å². The second-order valence-corrected chi connectivity index (χ2v) is 6.28. The Bertz CT molecular complexity index is 645. The van der Waals surface area contributed by atoms with E-state index in [9.17, 15) is 4.79 Å². The molecule has 0 aliphatic heterocycles. The van der Waals surface area contributed by atoms with E-state index in [1.165, 1.54) is 12.1 Å². The van der Waals surface area contributed by atoms with Crippen molar-refractivity contribution in [1.82, 2.24) is 15.0 Å². The number of carbonyl (C=O) groups is 1. The Kier molecular flexibility index (Phi) is 4.44. The Balaban J connectivity index is 2.16. The van der Waals surface area contributed by atoms with Gasteiger partial charge in [0.2, 0.25) is 0 Å². The normalized spacial score (nSPS) is 11.3. The third-order valence-electron chi connectivity index (χ3n) is 2.61. The van der Waals surface area contributed by atoms with Gasteiger partial charge < -0.3 is 5.32 Å². The van der Waals surface area contributed by atoms with Gasteiger partial charge in [0.25, 0.3) is 5.91 Å². The number of pyridine rings is 1. The molecular weight excluding hydrogens is 311 g/mol. The van der Waals surface area contributed by atoms with Crippen molar-refractivity contribution in [2.45, 2.75) is 26.2 Å². The van der Waals surface area contributed by atoms with Crippen LogP contribution in [0.25, 0.3) is 0 Å². The van der Waals surface area contributed by atoms with E-state index in [1.807, 2.05) is 20.8 Å². The SMILES string of the molecule is CC(C)(C)c1ncc(NC(=O)c2cc(Cl)nc(Cl)c2)cn1. The summed E-state index contributed by atoms with van der Waals surface area (Å²) in [7, 11) is 0. The van der Waals surface area contributed by atoms with E-state index in [0.29, 0.717) is 17.1 Å². The summed E-state index contributed by atoms with van der Waals surface area (Å²) in [6.45, 7) is 6.05. The molecule has 0 unspecified atom stereocenters. The van der Waals surface area contributed by atoms with Crippen LogP contribution in [0, 0.1) is 0 Å². The molecule has 0 aromatic carbocycles. The van der Waals surface area contributed by atoms with Crippen LogP contribution in [0.4, 0.5) is 5.69 Å². The van der Waals surface area contributed by atoms with Crippen molar-refractivity contribution in [3.05, 3.63) is 46.2 Å². The van der Waals surface area contributed by atoms with Gasteiger partial charge >= 0.3 is 0 Å². The third kappa shape index (κ3) is 4.12. The van der Waals surface area contributed by atoms with E-state index >= 15 is 0 Å². The van der Waals surface area contributed by atoms with Crippen LogP contribution in [0.2, 0.25) is 10.3 Å². The van der Waals surface area contributed by atoms with Gasteiger partial charge in [-0.1, -0.05) is 44.0 Å². The zero-order valence-corrected chi connectivity index (χ0v) is 13.3. The molecule has 21 heavy (non-hydrogen) atoms. The largest absolute Gasteiger partial charge is 0.319 e. The lowest BCUT2D eigenvalue weighted by Gasteiger charge is -2.16. The van der Waals surface area contributed by atoms with Crippen LogP contribution in [0.3, 0.4) is 0 Å². The molecule has 2 rings (SSSR count). The maximum Gasteiger partial charge on any atom is 0.255 e. The number of carbonyl (C=O) groups excluding carboxylic acids is 1. The molecule has 0 aliphatic carbocycles. The Hall–Kier alpha value is -1.72. The van der Waals surface area contributed by atoms with Crippen LogP contribution in [0.5, 0.6) is 0 Å². The van der Waals surface area contributed by atoms with Gasteiger partial charge in [-0.05, 0) is 12.1 Å². The first-order chi connectivity index (χ1) is 9.75. The second-order valence-electron chi connectivity index (χ2n) is 5.50. The number of halogens is 2. The van der Waals surface area contributed by atoms with Gasteiger partial charge in [-0.25, -0.2) is 15.0 Å². The first-order valence-corrected chi connectivity index (χ1v) is 6.98. The molecule has 2 aromatic heterocycles. The van der Waals surface area contributed by atoms with E-state index in [2.05, 4.69) is 20.3 Å². The highest BCUT2D eigenvalue weighted by Gasteiger charge is 2.17. The van der Waals surface area contributed by atoms with Crippen molar-refractivity contribution in [3.63, 3.8) is 0 Å². The monoisotopic (exact) mass is 324 g/mol. The summed E-state index contributed by atoms with van der Waals surface area (Å²) < 4.78 is 0. The fourth-order valence-corrected chi connectivity index (χ4v) is 2.04. The number of nitrogens with zero attached hydrogens (tertiary/aromatic N) is 3. The molecule has 0 fully saturated rings. The molecule has 0 aliphatic rings. The van der Waals surface area contributed by atoms with Crippen LogP contribution in [-0.2, 0) is 5.41 Å². The van der Waals surface area contributed by atoms with Gasteiger partial charge in [-0.3, -0.25) is 4.79 Å². The lowest BCUT2D eigenvalue weighted by Crippen LogP contribution is -2.17. The van der Waals surface area contributed by atoms with Crippen molar-refractivity contribution in [2.24, 2.45) is 0 Å². The van der Waals surface area contributed by atoms with Gasteiger partial charge in [0.1, 0.15) is 16.1 Å². The highest BCUT2D eigenvalue weighted by atomic mass is 35.5. The second kappa shape index (κ2) is 5.95. The predicted molar refractivity (Wildman–Crippen MR) is 82.9 cm³/mol. The molecule has 0 saturated carbocycles. The third-order valence-corrected chi connectivity index (χ3v) is 2.99. The summed E-state index contributed by atoms with van der Waals surface area (Å²) in [5.41, 5.74) is 0.672. The molecule has 0 spiro atoms. The summed E-state index contributed by atoms with van der Waals surface area (Å²) in [5.74, 6) is 0.351. The highest BCUT2D eigenvalue weighted by molar-refractivity contribution is 6.33. The fraction of sp³-hybridized carbons (Fsp3) is 0.286. The van der Waals surface area contributed by atoms with Crippen molar-refractivity contribution >= 4 is 34.8 Å². The number of amides is 1. The summed E-state index contributed by atoms with van der Waals surface area (Å²) in [4.78, 5) is 24.4. The van der Waals surface area contributed by atoms with E-state index in [1.54, 1.807) is 12.4 Å². The van der Waals surface area contributed by atoms with Crippen LogP contribution in [0.1, 0.15) is 37.0 Å². The Morgan fingerprint density at radius 3 is 2.10 bits per heavy atom. The Morgan fingerprint density at radius 2 is 1.62 bits per heavy atom. The molecule has 0 atom stereocenters. The van der Waals surface area contributed by atoms with Gasteiger partial charge in [0.15, 0.2) is 0 Å². The molecule has 1 amide bonds. The van der Waals surface area contributed by atoms with E-state index in [-0.39, 0.29) is 21.6 Å². The highest BCUT2D eigenvalue weighted by Crippen LogP contribution is 2.19. The minimum absolute atomic E-state index is 0.144. The molecule has 5 nitrogen and oxygen atoms in total. The average molecular weight is 325 g/mol. The minimum atomic E-state index is -0.353. The minimum Gasteiger partial charge on any atom is -0.319 e. The molecule has 110 valence electrons. The lowest BCUT2D eigenvalue weighted by atomic mass is 9.96. The number of hydrogen-bond acceptors (Lipinski definition) is 4. The molecule has 0 bridgehead atoms. The molecule has 2 heterocycles. The first kappa shape index (κ1) is 15.7. The molecular formula is C14H14Cl2N4O. The fourth-order valence-electron chi connectivity index (χ4n) is 1.58. The molecule has 2 aromatic rings. The topological polar surface area (TPSA) is 67.8 Å². The predicted octanol–water partition coefficient (Wildman–Crippen LogP) is 3.73. The van der Waals surface area contributed by atoms with Crippen LogP contribution in [0.15, 0.2) is 24.5 Å². The van der Waals surface area contributed by atoms with Gasteiger partial charge in [-0.2, -0.15) is 0 Å². The van der Waals surface area contributed by atoms with Crippen molar-refractivity contribution in [2.75, 3.05) is 5.32 Å². The summed E-state index contributed by atoms with van der Waals surface area (Å²) in [5, 5.41) is 3.00. The molecule has 0 radical (unpaired) electrons. The number of hydrogen-bond donors (Lipinski definition) is 1. The van der Waals surface area contributed by atoms with Crippen LogP contribution in [-0.4, -0.2) is 20.9 Å². The van der Waals surface area contributed by atoms with Crippen LogP contribution >= 0.6 is 23.2 Å². The Labute approximate surface area is 132 Å². The smallest absolute Gasteiger partial charge is 0.255 e. The van der Waals surface area contributed by atoms with E-state index in [4.69, 9.17) is 23.2 Å². The standard InChI is InChI=1S/C14H14Cl2N4O/c1-14(2,3)13-17-6-9(7-18-13)19-12(21)8-4-10(15)20-11(16)5-8/h4-7H,1-3H3,(H,19,21). The lowest BCUT2D eigenvalue weighted by molar-refractivity contribution is 0.102. The van der Waals surface area contributed by atoms with Crippen molar-refractivity contribution in [3.8, 4) is 0 Å². The van der Waals surface area contributed by atoms with Gasteiger partial charge in [-0.15, -0.1) is 0 Å². The van der Waals surface area contributed by atoms with Crippen LogP contribution < -0.4 is 5.32 Å². The number of rotatable bonds is 2. The zero-order chi connectivity index (χ0) is 15.6. The molecule has 1 N–H and O–H groups in total. The summed E-state index contributed by atoms with van der Waals surface area (Å²) in [6.07, 6.45) is 3.13. The quantitative estimate of drug-likeness (QED) is 0.854. The first-order valence-electron chi connectivity index (χ1n) is 6.22. The number of aromatic nitrogens is 3. The molecule has 7 heteroatoms. The maximum absolute atomic E-state index is 12.1. The van der Waals surface area contributed by atoms with Gasteiger partial charge in [0, 0.05) is 11.0 Å². The zero-order valence-electron chi connectivity index (χ0n) is 11.8. The maximum atomic E-state index is 12.1. The van der Waals surface area contributed by atoms with E-state index < -0.39 is 0 Å². The summed E-state index contributed by atoms with van der Waals surface area (Å²) >= 11 is 11.5. The van der Waals surface area contributed by atoms with Gasteiger partial charge in [0.05, 0.1) is 18.1 Å². The van der Waals surface area contributed by atoms with Crippen molar-refractivity contribution < 1.29 is 4.79 Å². The van der Waals surface area contributed by atoms with E-state index in [0.717, 1.165) is 0 Å². The summed E-state index contributed by atoms with van der Waals surface area (Å²) in [6, 6.07) is 2.88. The number of nitrogens with one attached hydrogen (secondary N) is 1. The average Bonchev–Trinajstić information content (AvgIpc) is 2.37. The molecule has 0 saturated heterocycles. The Morgan fingerprint density at radius 1 is 1.10 bits per heavy atom. The number of anilines is 1.